The molecule has 0 radical (unpaired) electrons. The average Bonchev–Trinajstić information content (AvgIpc) is 3.34. The third-order valence-corrected chi connectivity index (χ3v) is 6.38. The number of H-pyrrole nitrogens is 1. The summed E-state index contributed by atoms with van der Waals surface area (Å²) in [5, 5.41) is 11.5. The van der Waals surface area contributed by atoms with Gasteiger partial charge in [-0.3, -0.25) is 9.80 Å². The first-order valence-electron chi connectivity index (χ1n) is 10.2. The minimum atomic E-state index is -0.356. The number of benzene rings is 2. The van der Waals surface area contributed by atoms with Gasteiger partial charge in [-0.2, -0.15) is 0 Å². The molecule has 2 N–H and O–H groups in total. The number of anilines is 1. The molecule has 6 nitrogen and oxygen atoms in total. The number of piperazine rings is 1. The summed E-state index contributed by atoms with van der Waals surface area (Å²) in [5.74, 6) is 0.856. The highest BCUT2D eigenvalue weighted by Crippen LogP contribution is 2.25. The molecular formula is C22H26ClN5O. The number of hydrogen-bond donors (Lipinski definition) is 2. The number of aliphatic hydroxyl groups is 1. The minimum absolute atomic E-state index is 0.154. The van der Waals surface area contributed by atoms with Gasteiger partial charge in [0, 0.05) is 50.8 Å². The van der Waals surface area contributed by atoms with Crippen LogP contribution in [0.15, 0.2) is 48.5 Å². The molecule has 2 aromatic carbocycles. The van der Waals surface area contributed by atoms with E-state index in [9.17, 15) is 5.11 Å². The van der Waals surface area contributed by atoms with Crippen molar-refractivity contribution in [2.75, 3.05) is 44.2 Å². The quantitative estimate of drug-likeness (QED) is 0.691. The predicted octanol–water partition coefficient (Wildman–Crippen LogP) is 2.58. The Hall–Kier alpha value is -2.12. The van der Waals surface area contributed by atoms with Crippen molar-refractivity contribution in [3.05, 3.63) is 59.1 Å². The van der Waals surface area contributed by atoms with Crippen molar-refractivity contribution in [1.82, 2.24) is 19.8 Å². The van der Waals surface area contributed by atoms with E-state index in [4.69, 9.17) is 16.6 Å². The molecule has 0 aliphatic carbocycles. The summed E-state index contributed by atoms with van der Waals surface area (Å²) in [7, 11) is 0. The lowest BCUT2D eigenvalue weighted by atomic mass is 10.1. The van der Waals surface area contributed by atoms with Gasteiger partial charge in [-0.05, 0) is 29.8 Å². The van der Waals surface area contributed by atoms with Crippen LogP contribution < -0.4 is 4.90 Å². The molecule has 1 aromatic heterocycles. The SMILES string of the molecule is O[C@@H]1CN(c2nc3ccccc3[nH]2)C[C@H]1N1CCN(Cc2ccc(Cl)cc2)CC1. The number of aliphatic hydroxyl groups excluding tert-OH is 1. The Balaban J connectivity index is 1.19. The third-order valence-electron chi connectivity index (χ3n) is 6.13. The summed E-state index contributed by atoms with van der Waals surface area (Å²) >= 11 is 5.98. The van der Waals surface area contributed by atoms with E-state index in [-0.39, 0.29) is 12.1 Å². The highest BCUT2D eigenvalue weighted by Gasteiger charge is 2.37. The molecule has 5 rings (SSSR count). The fourth-order valence-corrected chi connectivity index (χ4v) is 4.62. The maximum atomic E-state index is 10.7. The van der Waals surface area contributed by atoms with Crippen LogP contribution in [-0.2, 0) is 6.54 Å². The second-order valence-corrected chi connectivity index (χ2v) is 8.49. The number of aromatic amines is 1. The van der Waals surface area contributed by atoms with Crippen LogP contribution in [0.3, 0.4) is 0 Å². The Bertz CT molecular complexity index is 934. The molecule has 152 valence electrons. The van der Waals surface area contributed by atoms with Gasteiger partial charge in [-0.15, -0.1) is 0 Å². The number of halogens is 1. The molecule has 0 amide bonds. The monoisotopic (exact) mass is 411 g/mol. The first kappa shape index (κ1) is 18.9. The van der Waals surface area contributed by atoms with Crippen LogP contribution in [0.1, 0.15) is 5.56 Å². The fourth-order valence-electron chi connectivity index (χ4n) is 4.49. The minimum Gasteiger partial charge on any atom is -0.390 e. The highest BCUT2D eigenvalue weighted by atomic mass is 35.5. The van der Waals surface area contributed by atoms with E-state index in [2.05, 4.69) is 31.8 Å². The van der Waals surface area contributed by atoms with Crippen LogP contribution >= 0.6 is 11.6 Å². The molecule has 0 spiro atoms. The molecule has 2 atom stereocenters. The second kappa shape index (κ2) is 7.95. The standard InChI is InChI=1S/C22H26ClN5O/c23-17-7-5-16(6-8-17)13-26-9-11-27(12-10-26)20-14-28(15-21(20)29)22-24-18-3-1-2-4-19(18)25-22/h1-8,20-21,29H,9-15H2,(H,24,25)/t20-,21-/m1/s1. The van der Waals surface area contributed by atoms with Crippen LogP contribution in [0.5, 0.6) is 0 Å². The number of hydrogen-bond acceptors (Lipinski definition) is 5. The van der Waals surface area contributed by atoms with Gasteiger partial charge in [0.1, 0.15) is 0 Å². The van der Waals surface area contributed by atoms with Crippen molar-refractivity contribution in [3.8, 4) is 0 Å². The molecule has 29 heavy (non-hydrogen) atoms. The van der Waals surface area contributed by atoms with Crippen LogP contribution in [0.25, 0.3) is 11.0 Å². The summed E-state index contributed by atoms with van der Waals surface area (Å²) < 4.78 is 0. The van der Waals surface area contributed by atoms with E-state index in [0.29, 0.717) is 6.54 Å². The molecular weight excluding hydrogens is 386 g/mol. The van der Waals surface area contributed by atoms with E-state index in [1.807, 2.05) is 36.4 Å². The molecule has 0 unspecified atom stereocenters. The van der Waals surface area contributed by atoms with Gasteiger partial charge in [0.25, 0.3) is 0 Å². The topological polar surface area (TPSA) is 58.6 Å². The molecule has 2 fully saturated rings. The van der Waals surface area contributed by atoms with Crippen LogP contribution in [-0.4, -0.2) is 76.3 Å². The Kier molecular flexibility index (Phi) is 5.18. The third kappa shape index (κ3) is 3.98. The second-order valence-electron chi connectivity index (χ2n) is 8.06. The molecule has 2 saturated heterocycles. The number of para-hydroxylation sites is 2. The van der Waals surface area contributed by atoms with Crippen molar-refractivity contribution >= 4 is 28.6 Å². The van der Waals surface area contributed by atoms with E-state index < -0.39 is 0 Å². The Labute approximate surface area is 175 Å². The average molecular weight is 412 g/mol. The van der Waals surface area contributed by atoms with Gasteiger partial charge >= 0.3 is 0 Å². The lowest BCUT2D eigenvalue weighted by Gasteiger charge is -2.38. The molecule has 0 bridgehead atoms. The number of β-amino-alcohol motifs (C(OH)–C–C–N with tert-alkyl or cyclic N) is 1. The van der Waals surface area contributed by atoms with Crippen molar-refractivity contribution in [1.29, 1.82) is 0 Å². The summed E-state index contributed by atoms with van der Waals surface area (Å²) in [4.78, 5) is 15.2. The summed E-state index contributed by atoms with van der Waals surface area (Å²) in [6, 6.07) is 16.3. The van der Waals surface area contributed by atoms with Crippen molar-refractivity contribution in [2.45, 2.75) is 18.7 Å². The van der Waals surface area contributed by atoms with E-state index in [1.165, 1.54) is 5.56 Å². The Morgan fingerprint density at radius 3 is 2.52 bits per heavy atom. The highest BCUT2D eigenvalue weighted by molar-refractivity contribution is 6.30. The maximum absolute atomic E-state index is 10.7. The largest absolute Gasteiger partial charge is 0.390 e. The lowest BCUT2D eigenvalue weighted by molar-refractivity contribution is 0.0424. The maximum Gasteiger partial charge on any atom is 0.203 e. The normalized spacial score (nSPS) is 23.9. The van der Waals surface area contributed by atoms with Crippen molar-refractivity contribution < 1.29 is 5.11 Å². The van der Waals surface area contributed by atoms with Gasteiger partial charge in [0.2, 0.25) is 5.95 Å². The molecule has 2 aliphatic rings. The van der Waals surface area contributed by atoms with Crippen LogP contribution in [0.2, 0.25) is 5.02 Å². The van der Waals surface area contributed by atoms with Crippen molar-refractivity contribution in [3.63, 3.8) is 0 Å². The molecule has 3 heterocycles. The Morgan fingerprint density at radius 1 is 1.00 bits per heavy atom. The molecule has 7 heteroatoms. The predicted molar refractivity (Wildman–Crippen MR) is 116 cm³/mol. The summed E-state index contributed by atoms with van der Waals surface area (Å²) in [6.45, 7) is 6.34. The number of nitrogens with one attached hydrogen (secondary N) is 1. The zero-order chi connectivity index (χ0) is 19.8. The number of nitrogens with zero attached hydrogens (tertiary/aromatic N) is 4. The van der Waals surface area contributed by atoms with Crippen LogP contribution in [0.4, 0.5) is 5.95 Å². The smallest absolute Gasteiger partial charge is 0.203 e. The molecule has 2 aliphatic heterocycles. The van der Waals surface area contributed by atoms with E-state index in [1.54, 1.807) is 0 Å². The summed E-state index contributed by atoms with van der Waals surface area (Å²) in [5.41, 5.74) is 3.30. The van der Waals surface area contributed by atoms with Gasteiger partial charge in [0.05, 0.1) is 23.2 Å². The zero-order valence-corrected chi connectivity index (χ0v) is 17.1. The summed E-state index contributed by atoms with van der Waals surface area (Å²) in [6.07, 6.45) is -0.356. The van der Waals surface area contributed by atoms with E-state index in [0.717, 1.165) is 61.3 Å². The van der Waals surface area contributed by atoms with E-state index >= 15 is 0 Å². The van der Waals surface area contributed by atoms with Gasteiger partial charge in [-0.25, -0.2) is 4.98 Å². The van der Waals surface area contributed by atoms with Gasteiger partial charge < -0.3 is 15.0 Å². The van der Waals surface area contributed by atoms with Gasteiger partial charge in [-0.1, -0.05) is 35.9 Å². The first-order chi connectivity index (χ1) is 14.2. The lowest BCUT2D eigenvalue weighted by Crippen LogP contribution is -2.53. The zero-order valence-electron chi connectivity index (χ0n) is 16.3. The number of imidazole rings is 1. The Morgan fingerprint density at radius 2 is 1.76 bits per heavy atom. The number of aromatic nitrogens is 2. The van der Waals surface area contributed by atoms with Crippen LogP contribution in [0, 0.1) is 0 Å². The number of rotatable bonds is 4. The first-order valence-corrected chi connectivity index (χ1v) is 10.6. The van der Waals surface area contributed by atoms with Gasteiger partial charge in [0.15, 0.2) is 0 Å². The fraction of sp³-hybridized carbons (Fsp3) is 0.409. The van der Waals surface area contributed by atoms with Crippen molar-refractivity contribution in [2.24, 2.45) is 0 Å². The molecule has 0 saturated carbocycles. The number of fused-ring (bicyclic) bond motifs is 1. The molecule has 3 aromatic rings.